The summed E-state index contributed by atoms with van der Waals surface area (Å²) in [6, 6.07) is 12.7. The summed E-state index contributed by atoms with van der Waals surface area (Å²) in [6.45, 7) is 0. The van der Waals surface area contributed by atoms with Crippen molar-refractivity contribution in [3.8, 4) is 5.75 Å². The molecule has 0 bridgehead atoms. The first-order valence-electron chi connectivity index (χ1n) is 9.12. The van der Waals surface area contributed by atoms with E-state index in [0.29, 0.717) is 0 Å². The Balaban J connectivity index is 2.08. The molecule has 0 radical (unpaired) electrons. The predicted molar refractivity (Wildman–Crippen MR) is 112 cm³/mol. The minimum Gasteiger partial charge on any atom is -0.497 e. The summed E-state index contributed by atoms with van der Waals surface area (Å²) >= 11 is 0. The van der Waals surface area contributed by atoms with Gasteiger partial charge in [0.15, 0.2) is 0 Å². The standard InChI is InChI=1S/C22H15F2NO5S2/c1-30-16-3-2-4-18(12-16)31(26,27)21-13-25-20-11-15(24)7-10-19(20)22(21)32(28,29)17-8-5-14(23)6-9-17/h2-13H,1H3. The van der Waals surface area contributed by atoms with Gasteiger partial charge in [0.2, 0.25) is 19.7 Å². The van der Waals surface area contributed by atoms with E-state index in [1.807, 2.05) is 0 Å². The Labute approximate surface area is 183 Å². The number of benzene rings is 3. The second-order valence-corrected chi connectivity index (χ2v) is 10.6. The number of fused-ring (bicyclic) bond motifs is 1. The van der Waals surface area contributed by atoms with Gasteiger partial charge in [-0.1, -0.05) is 6.07 Å². The lowest BCUT2D eigenvalue weighted by molar-refractivity contribution is 0.413. The first kappa shape index (κ1) is 21.8. The molecule has 3 aromatic carbocycles. The third-order valence-corrected chi connectivity index (χ3v) is 8.55. The molecule has 1 aromatic heterocycles. The number of ether oxygens (including phenoxy) is 1. The number of hydrogen-bond acceptors (Lipinski definition) is 6. The molecule has 0 spiro atoms. The van der Waals surface area contributed by atoms with Gasteiger partial charge in [0.05, 0.1) is 22.4 Å². The molecule has 0 unspecified atom stereocenters. The van der Waals surface area contributed by atoms with Gasteiger partial charge >= 0.3 is 0 Å². The van der Waals surface area contributed by atoms with Gasteiger partial charge in [0.1, 0.15) is 27.2 Å². The highest BCUT2D eigenvalue weighted by atomic mass is 32.2. The Kier molecular flexibility index (Phi) is 5.43. The van der Waals surface area contributed by atoms with Crippen LogP contribution in [0.1, 0.15) is 0 Å². The van der Waals surface area contributed by atoms with Crippen LogP contribution < -0.4 is 4.74 Å². The van der Waals surface area contributed by atoms with Crippen molar-refractivity contribution in [2.45, 2.75) is 19.6 Å². The Bertz CT molecular complexity index is 1550. The molecule has 0 saturated carbocycles. The molecule has 0 amide bonds. The quantitative estimate of drug-likeness (QED) is 0.402. The summed E-state index contributed by atoms with van der Waals surface area (Å²) < 4.78 is 86.2. The van der Waals surface area contributed by atoms with E-state index in [1.165, 1.54) is 31.4 Å². The van der Waals surface area contributed by atoms with Crippen LogP contribution in [0.25, 0.3) is 10.9 Å². The maximum Gasteiger partial charge on any atom is 0.209 e. The number of rotatable bonds is 5. The Morgan fingerprint density at radius 3 is 2.16 bits per heavy atom. The molecular formula is C22H15F2NO5S2. The molecule has 164 valence electrons. The van der Waals surface area contributed by atoms with E-state index in [2.05, 4.69) is 4.98 Å². The van der Waals surface area contributed by atoms with Crippen LogP contribution in [0.15, 0.2) is 92.5 Å². The van der Waals surface area contributed by atoms with Crippen molar-refractivity contribution in [1.29, 1.82) is 0 Å². The molecule has 10 heteroatoms. The van der Waals surface area contributed by atoms with Gasteiger partial charge in [-0.25, -0.2) is 25.6 Å². The Morgan fingerprint density at radius 2 is 1.47 bits per heavy atom. The minimum absolute atomic E-state index is 0.0460. The number of nitrogens with zero attached hydrogens (tertiary/aromatic N) is 1. The van der Waals surface area contributed by atoms with Crippen LogP contribution in [-0.4, -0.2) is 28.9 Å². The topological polar surface area (TPSA) is 90.4 Å². The van der Waals surface area contributed by atoms with Gasteiger partial charge in [0.25, 0.3) is 0 Å². The highest BCUT2D eigenvalue weighted by molar-refractivity contribution is 7.94. The van der Waals surface area contributed by atoms with E-state index < -0.39 is 41.1 Å². The average molecular weight is 475 g/mol. The monoisotopic (exact) mass is 475 g/mol. The normalized spacial score (nSPS) is 12.1. The van der Waals surface area contributed by atoms with Crippen molar-refractivity contribution < 1.29 is 30.4 Å². The largest absolute Gasteiger partial charge is 0.497 e. The third-order valence-electron chi connectivity index (χ3n) is 4.78. The molecule has 0 atom stereocenters. The van der Waals surface area contributed by atoms with Crippen LogP contribution in [0.2, 0.25) is 0 Å². The molecule has 0 N–H and O–H groups in total. The van der Waals surface area contributed by atoms with Crippen molar-refractivity contribution in [2.75, 3.05) is 7.11 Å². The van der Waals surface area contributed by atoms with E-state index in [9.17, 15) is 25.6 Å². The van der Waals surface area contributed by atoms with Crippen LogP contribution in [0.4, 0.5) is 8.78 Å². The number of hydrogen-bond donors (Lipinski definition) is 0. The maximum atomic E-state index is 13.8. The van der Waals surface area contributed by atoms with E-state index >= 15 is 0 Å². The molecule has 0 aliphatic carbocycles. The minimum atomic E-state index is -4.47. The van der Waals surface area contributed by atoms with Gasteiger partial charge in [-0.05, 0) is 54.6 Å². The first-order chi connectivity index (χ1) is 15.1. The van der Waals surface area contributed by atoms with E-state index in [1.54, 1.807) is 0 Å². The summed E-state index contributed by atoms with van der Waals surface area (Å²) in [7, 11) is -7.50. The molecular weight excluding hydrogens is 460 g/mol. The summed E-state index contributed by atoms with van der Waals surface area (Å²) in [4.78, 5) is 2.29. The molecule has 32 heavy (non-hydrogen) atoms. The van der Waals surface area contributed by atoms with Gasteiger partial charge in [-0.3, -0.25) is 4.98 Å². The van der Waals surface area contributed by atoms with E-state index in [-0.39, 0.29) is 26.4 Å². The molecule has 0 aliphatic heterocycles. The SMILES string of the molecule is COc1cccc(S(=O)(=O)c2cnc3cc(F)ccc3c2S(=O)(=O)c2ccc(F)cc2)c1. The number of methoxy groups -OCH3 is 1. The Hall–Kier alpha value is -3.37. The highest BCUT2D eigenvalue weighted by Gasteiger charge is 2.32. The Morgan fingerprint density at radius 1 is 0.781 bits per heavy atom. The zero-order chi connectivity index (χ0) is 23.1. The van der Waals surface area contributed by atoms with Crippen LogP contribution in [-0.2, 0) is 19.7 Å². The predicted octanol–water partition coefficient (Wildman–Crippen LogP) is 4.19. The molecule has 1 heterocycles. The van der Waals surface area contributed by atoms with Gasteiger partial charge in [-0.15, -0.1) is 0 Å². The fourth-order valence-corrected chi connectivity index (χ4v) is 6.72. The molecule has 4 aromatic rings. The molecule has 6 nitrogen and oxygen atoms in total. The lowest BCUT2D eigenvalue weighted by atomic mass is 10.2. The molecule has 4 rings (SSSR count). The average Bonchev–Trinajstić information content (AvgIpc) is 2.78. The van der Waals surface area contributed by atoms with Gasteiger partial charge in [-0.2, -0.15) is 0 Å². The summed E-state index contributed by atoms with van der Waals surface area (Å²) in [5, 5.41) is -0.0836. The van der Waals surface area contributed by atoms with Gasteiger partial charge in [0, 0.05) is 17.6 Å². The number of halogens is 2. The summed E-state index contributed by atoms with van der Waals surface area (Å²) in [6.07, 6.45) is 0.882. The zero-order valence-corrected chi connectivity index (χ0v) is 18.1. The maximum absolute atomic E-state index is 13.8. The number of sulfone groups is 2. The smallest absolute Gasteiger partial charge is 0.209 e. The third kappa shape index (κ3) is 3.71. The van der Waals surface area contributed by atoms with Crippen LogP contribution in [0.5, 0.6) is 5.75 Å². The zero-order valence-electron chi connectivity index (χ0n) is 16.5. The summed E-state index contributed by atoms with van der Waals surface area (Å²) in [5.74, 6) is -1.07. The van der Waals surface area contributed by atoms with Crippen LogP contribution in [0, 0.1) is 11.6 Å². The van der Waals surface area contributed by atoms with Crippen molar-refractivity contribution >= 4 is 30.6 Å². The number of pyridine rings is 1. The van der Waals surface area contributed by atoms with Crippen LogP contribution in [0.3, 0.4) is 0 Å². The fraction of sp³-hybridized carbons (Fsp3) is 0.0455. The molecule has 0 saturated heterocycles. The van der Waals surface area contributed by atoms with E-state index in [4.69, 9.17) is 4.74 Å². The molecule has 0 fully saturated rings. The highest BCUT2D eigenvalue weighted by Crippen LogP contribution is 2.36. The second kappa shape index (κ2) is 7.95. The second-order valence-electron chi connectivity index (χ2n) is 6.75. The number of aromatic nitrogens is 1. The van der Waals surface area contributed by atoms with Crippen molar-refractivity contribution in [3.63, 3.8) is 0 Å². The van der Waals surface area contributed by atoms with Crippen molar-refractivity contribution in [3.05, 3.63) is 84.6 Å². The molecule has 0 aliphatic rings. The van der Waals surface area contributed by atoms with Crippen molar-refractivity contribution in [2.24, 2.45) is 0 Å². The van der Waals surface area contributed by atoms with E-state index in [0.717, 1.165) is 48.7 Å². The first-order valence-corrected chi connectivity index (χ1v) is 12.1. The fourth-order valence-electron chi connectivity index (χ4n) is 3.22. The van der Waals surface area contributed by atoms with Gasteiger partial charge < -0.3 is 4.74 Å². The summed E-state index contributed by atoms with van der Waals surface area (Å²) in [5.41, 5.74) is -0.0460. The van der Waals surface area contributed by atoms with Crippen molar-refractivity contribution in [1.82, 2.24) is 4.98 Å². The lowest BCUT2D eigenvalue weighted by Gasteiger charge is -2.14. The lowest BCUT2D eigenvalue weighted by Crippen LogP contribution is -2.12. The van der Waals surface area contributed by atoms with Crippen LogP contribution >= 0.6 is 0 Å².